The molecule has 0 radical (unpaired) electrons. The molecule has 0 saturated heterocycles. The molecule has 1 N–H and O–H groups in total. The number of aliphatic carboxylic acids is 1. The first-order valence-corrected chi connectivity index (χ1v) is 11.4. The van der Waals surface area contributed by atoms with Gasteiger partial charge in [0, 0.05) is 17.7 Å². The first kappa shape index (κ1) is 26.3. The largest absolute Gasteiger partial charge is 0.478 e. The average molecular weight is 444 g/mol. The summed E-state index contributed by atoms with van der Waals surface area (Å²) < 4.78 is 111. The Balaban J connectivity index is 5.42. The standard InChI is InChI=1S/C15H20F8O4Si/c1-28(2,3)10(6-7-27-12(26)5-4-11(24)25)15(22,23)14(20,21)9(16)8-13(17,18)19/h4-5,9-10H,6-8H2,1-3H3,(H,24,25). The van der Waals surface area contributed by atoms with Gasteiger partial charge in [-0.15, -0.1) is 0 Å². The molecule has 0 aliphatic heterocycles. The van der Waals surface area contributed by atoms with Crippen LogP contribution in [0.25, 0.3) is 0 Å². The van der Waals surface area contributed by atoms with Crippen molar-refractivity contribution in [1.29, 1.82) is 0 Å². The molecule has 164 valence electrons. The van der Waals surface area contributed by atoms with Gasteiger partial charge in [0.15, 0.2) is 6.17 Å². The molecule has 0 amide bonds. The minimum absolute atomic E-state index is 0.395. The number of esters is 1. The predicted molar refractivity (Wildman–Crippen MR) is 84.9 cm³/mol. The highest BCUT2D eigenvalue weighted by Crippen LogP contribution is 2.52. The summed E-state index contributed by atoms with van der Waals surface area (Å²) in [6.07, 6.45) is -12.3. The summed E-state index contributed by atoms with van der Waals surface area (Å²) in [5, 5.41) is 8.32. The van der Waals surface area contributed by atoms with Gasteiger partial charge in [-0.1, -0.05) is 19.6 Å². The second kappa shape index (κ2) is 9.22. The maximum absolute atomic E-state index is 14.4. The van der Waals surface area contributed by atoms with Gasteiger partial charge in [-0.3, -0.25) is 0 Å². The normalized spacial score (nSPS) is 16.1. The predicted octanol–water partition coefficient (Wildman–Crippen LogP) is 4.83. The molecule has 0 aromatic rings. The van der Waals surface area contributed by atoms with E-state index in [0.717, 1.165) is 0 Å². The smallest absolute Gasteiger partial charge is 0.392 e. The number of rotatable bonds is 10. The topological polar surface area (TPSA) is 63.6 Å². The molecule has 0 spiro atoms. The van der Waals surface area contributed by atoms with Crippen LogP contribution in [0.5, 0.6) is 0 Å². The van der Waals surface area contributed by atoms with Crippen LogP contribution in [0.3, 0.4) is 0 Å². The van der Waals surface area contributed by atoms with Gasteiger partial charge in [0.2, 0.25) is 0 Å². The molecule has 0 aliphatic carbocycles. The minimum atomic E-state index is -5.60. The monoisotopic (exact) mass is 444 g/mol. The fourth-order valence-electron chi connectivity index (χ4n) is 2.40. The number of hydrogen-bond donors (Lipinski definition) is 1. The first-order chi connectivity index (χ1) is 12.3. The lowest BCUT2D eigenvalue weighted by Crippen LogP contribution is -2.56. The van der Waals surface area contributed by atoms with Crippen LogP contribution in [0.4, 0.5) is 35.1 Å². The van der Waals surface area contributed by atoms with Crippen LogP contribution in [0.1, 0.15) is 12.8 Å². The van der Waals surface area contributed by atoms with Crippen LogP contribution in [0.15, 0.2) is 12.2 Å². The Morgan fingerprint density at radius 3 is 1.89 bits per heavy atom. The highest BCUT2D eigenvalue weighted by molar-refractivity contribution is 6.77. The van der Waals surface area contributed by atoms with Crippen LogP contribution in [-0.2, 0) is 14.3 Å². The summed E-state index contributed by atoms with van der Waals surface area (Å²) in [5.74, 6) is -13.5. The van der Waals surface area contributed by atoms with Crippen molar-refractivity contribution < 1.29 is 54.6 Å². The Morgan fingerprint density at radius 1 is 1.00 bits per heavy atom. The fraction of sp³-hybridized carbons (Fsp3) is 0.733. The average Bonchev–Trinajstić information content (AvgIpc) is 2.45. The van der Waals surface area contributed by atoms with E-state index in [0.29, 0.717) is 12.2 Å². The summed E-state index contributed by atoms with van der Waals surface area (Å²) in [6, 6.07) is 0. The van der Waals surface area contributed by atoms with Gasteiger partial charge in [-0.05, 0) is 6.42 Å². The third kappa shape index (κ3) is 7.76. The summed E-state index contributed by atoms with van der Waals surface area (Å²) >= 11 is 0. The second-order valence-electron chi connectivity index (χ2n) is 7.08. The highest BCUT2D eigenvalue weighted by Gasteiger charge is 2.68. The Labute approximate surface area is 156 Å². The third-order valence-corrected chi connectivity index (χ3v) is 6.49. The first-order valence-electron chi connectivity index (χ1n) is 7.86. The second-order valence-corrected chi connectivity index (χ2v) is 12.5. The van der Waals surface area contributed by atoms with Crippen molar-refractivity contribution in [3.8, 4) is 0 Å². The number of carbonyl (C=O) groups is 2. The van der Waals surface area contributed by atoms with Gasteiger partial charge < -0.3 is 9.84 Å². The maximum atomic E-state index is 14.4. The van der Waals surface area contributed by atoms with Gasteiger partial charge in [0.05, 0.1) is 21.1 Å². The van der Waals surface area contributed by atoms with Crippen LogP contribution in [0.2, 0.25) is 25.2 Å². The van der Waals surface area contributed by atoms with Crippen LogP contribution >= 0.6 is 0 Å². The number of carboxylic acid groups (broad SMARTS) is 1. The third-order valence-electron chi connectivity index (χ3n) is 3.74. The molecule has 13 heteroatoms. The van der Waals surface area contributed by atoms with Crippen molar-refractivity contribution in [3.63, 3.8) is 0 Å². The van der Waals surface area contributed by atoms with Gasteiger partial charge in [0.25, 0.3) is 0 Å². The molecule has 0 aliphatic rings. The lowest BCUT2D eigenvalue weighted by Gasteiger charge is -2.40. The molecule has 0 aromatic heterocycles. The van der Waals surface area contributed by atoms with E-state index in [1.807, 2.05) is 0 Å². The molecule has 0 heterocycles. The lowest BCUT2D eigenvalue weighted by atomic mass is 9.99. The number of hydrogen-bond acceptors (Lipinski definition) is 3. The van der Waals surface area contributed by atoms with E-state index in [-0.39, 0.29) is 0 Å². The van der Waals surface area contributed by atoms with Crippen molar-refractivity contribution >= 4 is 20.0 Å². The molecule has 0 bridgehead atoms. The van der Waals surface area contributed by atoms with E-state index in [1.165, 1.54) is 19.6 Å². The molecule has 0 fully saturated rings. The summed E-state index contributed by atoms with van der Waals surface area (Å²) in [7, 11) is -3.23. The Kier molecular flexibility index (Phi) is 8.68. The van der Waals surface area contributed by atoms with E-state index >= 15 is 0 Å². The summed E-state index contributed by atoms with van der Waals surface area (Å²) in [4.78, 5) is 21.4. The SMILES string of the molecule is C[Si](C)(C)C(CCOC(=O)C=CC(=O)O)C(F)(F)C(F)(F)C(F)CC(F)(F)F. The number of ether oxygens (including phenoxy) is 1. The van der Waals surface area contributed by atoms with Gasteiger partial charge in [0.1, 0.15) is 0 Å². The molecule has 28 heavy (non-hydrogen) atoms. The zero-order chi connectivity index (χ0) is 22.6. The Morgan fingerprint density at radius 2 is 1.50 bits per heavy atom. The van der Waals surface area contributed by atoms with Crippen LogP contribution in [0, 0.1) is 0 Å². The molecule has 4 nitrogen and oxygen atoms in total. The van der Waals surface area contributed by atoms with Crippen molar-refractivity contribution in [2.45, 2.75) is 62.2 Å². The van der Waals surface area contributed by atoms with E-state index < -0.39 is 69.2 Å². The van der Waals surface area contributed by atoms with Crippen molar-refractivity contribution in [1.82, 2.24) is 0 Å². The minimum Gasteiger partial charge on any atom is -0.478 e. The highest BCUT2D eigenvalue weighted by atomic mass is 28.3. The molecule has 0 aromatic carbocycles. The number of halogens is 8. The molecule has 0 saturated carbocycles. The number of alkyl halides is 8. The number of carbonyl (C=O) groups excluding carboxylic acids is 1. The zero-order valence-corrected chi connectivity index (χ0v) is 16.1. The van der Waals surface area contributed by atoms with E-state index in [1.54, 1.807) is 0 Å². The quantitative estimate of drug-likeness (QED) is 0.227. The van der Waals surface area contributed by atoms with E-state index in [4.69, 9.17) is 5.11 Å². The molecular formula is C15H20F8O4Si. The van der Waals surface area contributed by atoms with Crippen molar-refractivity contribution in [2.24, 2.45) is 0 Å². The van der Waals surface area contributed by atoms with Crippen LogP contribution < -0.4 is 0 Å². The van der Waals surface area contributed by atoms with E-state index in [2.05, 4.69) is 4.74 Å². The lowest BCUT2D eigenvalue weighted by molar-refractivity contribution is -0.260. The van der Waals surface area contributed by atoms with Gasteiger partial charge in [-0.25, -0.2) is 14.0 Å². The molecule has 0 rings (SSSR count). The van der Waals surface area contributed by atoms with E-state index in [9.17, 15) is 44.7 Å². The summed E-state index contributed by atoms with van der Waals surface area (Å²) in [6.45, 7) is 2.85. The Hall–Kier alpha value is -1.66. The fourth-order valence-corrected chi connectivity index (χ4v) is 4.66. The molecule has 2 atom stereocenters. The van der Waals surface area contributed by atoms with Crippen molar-refractivity contribution in [3.05, 3.63) is 12.2 Å². The van der Waals surface area contributed by atoms with Crippen LogP contribution in [-0.4, -0.2) is 55.9 Å². The van der Waals surface area contributed by atoms with Gasteiger partial charge in [-0.2, -0.15) is 30.7 Å². The summed E-state index contributed by atoms with van der Waals surface area (Å²) in [5.41, 5.74) is -2.22. The number of carboxylic acids is 1. The van der Waals surface area contributed by atoms with Crippen molar-refractivity contribution in [2.75, 3.05) is 6.61 Å². The molecular weight excluding hydrogens is 424 g/mol. The maximum Gasteiger partial charge on any atom is 0.392 e. The zero-order valence-electron chi connectivity index (χ0n) is 15.1. The van der Waals surface area contributed by atoms with Gasteiger partial charge >= 0.3 is 30.0 Å². The molecule has 2 unspecified atom stereocenters. The Bertz CT molecular complexity index is 584.